The van der Waals surface area contributed by atoms with Crippen molar-refractivity contribution in [2.75, 3.05) is 22.6 Å². The van der Waals surface area contributed by atoms with Gasteiger partial charge in [0.25, 0.3) is 11.8 Å². The van der Waals surface area contributed by atoms with Gasteiger partial charge in [-0.25, -0.2) is 8.78 Å². The predicted octanol–water partition coefficient (Wildman–Crippen LogP) is 8.86. The van der Waals surface area contributed by atoms with E-state index in [2.05, 4.69) is 16.0 Å². The van der Waals surface area contributed by atoms with Crippen molar-refractivity contribution in [1.29, 1.82) is 0 Å². The fourth-order valence-electron chi connectivity index (χ4n) is 4.92. The van der Waals surface area contributed by atoms with E-state index in [-0.39, 0.29) is 31.3 Å². The first kappa shape index (κ1) is 33.0. The molecule has 3 amide bonds. The summed E-state index contributed by atoms with van der Waals surface area (Å²) in [5.74, 6) is -5.95. The number of alkyl halides is 2. The quantitative estimate of drug-likeness (QED) is 0.168. The maximum Gasteiger partial charge on any atom is 0.257 e. The number of carbonyl (C=O) groups excluding carboxylic acids is 3. The van der Waals surface area contributed by atoms with Crippen LogP contribution in [0, 0.1) is 17.6 Å². The maximum absolute atomic E-state index is 15.3. The van der Waals surface area contributed by atoms with Crippen molar-refractivity contribution >= 4 is 104 Å². The minimum atomic E-state index is -1.48. The van der Waals surface area contributed by atoms with Gasteiger partial charge in [0.15, 0.2) is 5.82 Å². The van der Waals surface area contributed by atoms with Gasteiger partial charge < -0.3 is 20.7 Å². The molecule has 1 aliphatic heterocycles. The van der Waals surface area contributed by atoms with E-state index in [0.29, 0.717) is 18.6 Å². The normalized spacial score (nSPS) is 20.5. The van der Waals surface area contributed by atoms with Crippen LogP contribution in [0.25, 0.3) is 0 Å². The highest BCUT2D eigenvalue weighted by Gasteiger charge is 2.67. The highest BCUT2D eigenvalue weighted by Crippen LogP contribution is 2.65. The second kappa shape index (κ2) is 13.2. The number of amides is 3. The third-order valence-electron chi connectivity index (χ3n) is 7.24. The first-order valence-corrected chi connectivity index (χ1v) is 15.4. The molecule has 5 rings (SSSR count). The zero-order valence-electron chi connectivity index (χ0n) is 22.3. The molecule has 1 aliphatic carbocycles. The summed E-state index contributed by atoms with van der Waals surface area (Å²) in [6, 6.07) is 8.98. The van der Waals surface area contributed by atoms with Crippen LogP contribution < -0.4 is 16.0 Å². The Morgan fingerprint density at radius 1 is 0.841 bits per heavy atom. The molecule has 3 aromatic carbocycles. The van der Waals surface area contributed by atoms with Gasteiger partial charge in [-0.15, -0.1) is 23.2 Å². The maximum atomic E-state index is 15.3. The van der Waals surface area contributed by atoms with E-state index in [1.165, 1.54) is 30.3 Å². The van der Waals surface area contributed by atoms with Gasteiger partial charge >= 0.3 is 0 Å². The Morgan fingerprint density at radius 3 is 2.20 bits per heavy atom. The Balaban J connectivity index is 1.30. The van der Waals surface area contributed by atoms with E-state index in [1.54, 1.807) is 0 Å². The van der Waals surface area contributed by atoms with Crippen molar-refractivity contribution in [3.05, 3.63) is 85.3 Å². The Bertz CT molecular complexity index is 1650. The van der Waals surface area contributed by atoms with Crippen molar-refractivity contribution < 1.29 is 27.9 Å². The number of hydrogen-bond donors (Lipinski definition) is 3. The largest absolute Gasteiger partial charge is 0.368 e. The third kappa shape index (κ3) is 6.75. The topological polar surface area (TPSA) is 96.5 Å². The van der Waals surface area contributed by atoms with Crippen molar-refractivity contribution in [1.82, 2.24) is 0 Å². The number of anilines is 3. The van der Waals surface area contributed by atoms with Gasteiger partial charge in [0.05, 0.1) is 37.3 Å². The molecular formula is C29H21Cl6F2N3O4. The lowest BCUT2D eigenvalue weighted by molar-refractivity contribution is -0.130. The van der Waals surface area contributed by atoms with E-state index < -0.39 is 63.0 Å². The molecule has 7 nitrogen and oxygen atoms in total. The van der Waals surface area contributed by atoms with Crippen molar-refractivity contribution in [2.45, 2.75) is 35.6 Å². The van der Waals surface area contributed by atoms with Gasteiger partial charge in [-0.05, 0) is 67.3 Å². The molecule has 3 atom stereocenters. The molecule has 2 fully saturated rings. The Labute approximate surface area is 280 Å². The fourth-order valence-corrected chi connectivity index (χ4v) is 6.57. The molecule has 1 saturated heterocycles. The highest BCUT2D eigenvalue weighted by atomic mass is 35.5. The van der Waals surface area contributed by atoms with Crippen LogP contribution in [0.5, 0.6) is 0 Å². The molecule has 15 heteroatoms. The van der Waals surface area contributed by atoms with E-state index in [4.69, 9.17) is 74.3 Å². The summed E-state index contributed by atoms with van der Waals surface area (Å²) in [6.07, 6.45) is 1.11. The molecular weight excluding hydrogens is 705 g/mol. The van der Waals surface area contributed by atoms with Gasteiger partial charge in [0.2, 0.25) is 5.91 Å². The number of halogens is 8. The Hall–Kier alpha value is -2.37. The van der Waals surface area contributed by atoms with Crippen LogP contribution in [0.15, 0.2) is 42.5 Å². The Morgan fingerprint density at radius 2 is 1.55 bits per heavy atom. The van der Waals surface area contributed by atoms with Gasteiger partial charge in [-0.1, -0.05) is 46.4 Å². The number of hydrogen-bond acceptors (Lipinski definition) is 4. The molecule has 0 spiro atoms. The summed E-state index contributed by atoms with van der Waals surface area (Å²) in [7, 11) is 0. The number of ether oxygens (including phenoxy) is 1. The summed E-state index contributed by atoms with van der Waals surface area (Å²) in [6.45, 7) is 0.366. The number of nitrogens with one attached hydrogen (secondary N) is 3. The van der Waals surface area contributed by atoms with Crippen molar-refractivity contribution in [3.63, 3.8) is 0 Å². The lowest BCUT2D eigenvalue weighted by Gasteiger charge is -2.22. The summed E-state index contributed by atoms with van der Waals surface area (Å²) >= 11 is 37.4. The average Bonchev–Trinajstić information content (AvgIpc) is 3.58. The molecule has 0 radical (unpaired) electrons. The minimum Gasteiger partial charge on any atom is -0.368 e. The summed E-state index contributed by atoms with van der Waals surface area (Å²) in [4.78, 5) is 38.8. The molecule has 1 heterocycles. The first-order valence-electron chi connectivity index (χ1n) is 13.1. The van der Waals surface area contributed by atoms with Crippen molar-refractivity contribution in [2.24, 2.45) is 5.92 Å². The van der Waals surface area contributed by atoms with Crippen LogP contribution in [0.4, 0.5) is 25.8 Å². The SMILES string of the molecule is O=C(Nc1ccc(F)c(NC(=O)C2CCCCO2)c1F)c1cc(NC(=O)[C@H]2[C@H](c3cc(Cl)c(Cl)c(Cl)c3)C2(Cl)Cl)ccc1Cl. The number of benzene rings is 3. The second-order valence-corrected chi connectivity index (χ2v) is 13.2. The molecule has 44 heavy (non-hydrogen) atoms. The molecule has 232 valence electrons. The lowest BCUT2D eigenvalue weighted by Crippen LogP contribution is -2.33. The van der Waals surface area contributed by atoms with Gasteiger partial charge in [-0.3, -0.25) is 14.4 Å². The summed E-state index contributed by atoms with van der Waals surface area (Å²) < 4.78 is 33.6. The van der Waals surface area contributed by atoms with Crippen LogP contribution in [0.1, 0.15) is 41.1 Å². The van der Waals surface area contributed by atoms with E-state index in [0.717, 1.165) is 25.0 Å². The average molecular weight is 726 g/mol. The second-order valence-electron chi connectivity index (χ2n) is 10.2. The van der Waals surface area contributed by atoms with Gasteiger partial charge in [0.1, 0.15) is 21.9 Å². The van der Waals surface area contributed by atoms with Crippen LogP contribution in [0.2, 0.25) is 20.1 Å². The molecule has 0 bridgehead atoms. The van der Waals surface area contributed by atoms with E-state index in [1.807, 2.05) is 0 Å². The van der Waals surface area contributed by atoms with Crippen LogP contribution in [0.3, 0.4) is 0 Å². The predicted molar refractivity (Wildman–Crippen MR) is 169 cm³/mol. The molecule has 1 unspecified atom stereocenters. The fraction of sp³-hybridized carbons (Fsp3) is 0.276. The lowest BCUT2D eigenvalue weighted by atomic mass is 10.1. The first-order chi connectivity index (χ1) is 20.8. The van der Waals surface area contributed by atoms with Crippen molar-refractivity contribution in [3.8, 4) is 0 Å². The minimum absolute atomic E-state index is 0.0234. The van der Waals surface area contributed by atoms with Crippen LogP contribution in [-0.4, -0.2) is 34.8 Å². The van der Waals surface area contributed by atoms with E-state index >= 15 is 4.39 Å². The zero-order valence-corrected chi connectivity index (χ0v) is 26.8. The number of rotatable bonds is 7. The third-order valence-corrected chi connectivity index (χ3v) is 9.71. The van der Waals surface area contributed by atoms with E-state index in [9.17, 15) is 18.8 Å². The summed E-state index contributed by atoms with van der Waals surface area (Å²) in [5.41, 5.74) is -0.625. The molecule has 3 N–H and O–H groups in total. The molecule has 3 aromatic rings. The molecule has 2 aliphatic rings. The highest BCUT2D eigenvalue weighted by molar-refractivity contribution is 6.54. The zero-order chi connectivity index (χ0) is 31.9. The summed E-state index contributed by atoms with van der Waals surface area (Å²) in [5, 5.41) is 7.64. The van der Waals surface area contributed by atoms with Gasteiger partial charge in [-0.2, -0.15) is 0 Å². The monoisotopic (exact) mass is 723 g/mol. The van der Waals surface area contributed by atoms with Gasteiger partial charge in [0, 0.05) is 18.2 Å². The molecule has 1 saturated carbocycles. The van der Waals surface area contributed by atoms with Crippen LogP contribution in [-0.2, 0) is 14.3 Å². The molecule has 0 aromatic heterocycles. The smallest absolute Gasteiger partial charge is 0.257 e. The number of carbonyl (C=O) groups is 3. The standard InChI is InChI=1S/C29H21Cl6F2N3O4/c30-15-5-4-13(38-28(43)22-21(29(22,34)35)12-9-16(31)23(33)17(32)10-12)11-14(15)26(41)39-19-7-6-18(36)25(24(19)37)40-27(42)20-3-1-2-8-44-20/h4-7,9-11,20-22H,1-3,8H2,(H,38,43)(H,39,41)(H,40,42)/t20?,21-,22+/m0/s1. The Kier molecular flexibility index (Phi) is 9.87. The van der Waals surface area contributed by atoms with Crippen LogP contribution >= 0.6 is 69.6 Å².